The summed E-state index contributed by atoms with van der Waals surface area (Å²) < 4.78 is 0. The topological polar surface area (TPSA) is 73.5 Å². The van der Waals surface area contributed by atoms with Gasteiger partial charge in [0.15, 0.2) is 0 Å². The second-order valence-corrected chi connectivity index (χ2v) is 6.58. The maximum atomic E-state index is 12.4. The van der Waals surface area contributed by atoms with Crippen molar-refractivity contribution in [1.82, 2.24) is 0 Å². The molecule has 0 bridgehead atoms. The Morgan fingerprint density at radius 3 is 2.15 bits per heavy atom. The average Bonchev–Trinajstić information content (AvgIpc) is 2.57. The number of benzene rings is 2. The van der Waals surface area contributed by atoms with E-state index in [2.05, 4.69) is 16.0 Å². The molecule has 2 aromatic carbocycles. The molecule has 3 N–H and O–H groups in total. The van der Waals surface area contributed by atoms with Gasteiger partial charge < -0.3 is 20.9 Å². The lowest BCUT2D eigenvalue weighted by atomic mass is 10.2. The number of nitrogens with zero attached hydrogens (tertiary/aromatic N) is 1. The zero-order chi connectivity index (χ0) is 19.3. The SMILES string of the molecule is CC(=O)Nc1ccc(N[C@@H](C)C(=O)Nc2ccc(N(C)C)cc2)cc1Cl. The fourth-order valence-corrected chi connectivity index (χ4v) is 2.53. The molecule has 138 valence electrons. The largest absolute Gasteiger partial charge is 0.378 e. The van der Waals surface area contributed by atoms with Crippen LogP contribution < -0.4 is 20.9 Å². The lowest BCUT2D eigenvalue weighted by Crippen LogP contribution is -2.31. The molecule has 0 aliphatic rings. The zero-order valence-corrected chi connectivity index (χ0v) is 16.0. The number of amides is 2. The van der Waals surface area contributed by atoms with Crippen molar-refractivity contribution in [3.8, 4) is 0 Å². The molecule has 1 atom stereocenters. The highest BCUT2D eigenvalue weighted by atomic mass is 35.5. The van der Waals surface area contributed by atoms with Gasteiger partial charge in [-0.15, -0.1) is 0 Å². The standard InChI is InChI=1S/C19H23ClN4O2/c1-12(19(26)23-14-5-8-16(9-6-14)24(3)4)21-15-7-10-18(17(20)11-15)22-13(2)25/h5-12,21H,1-4H3,(H,22,25)(H,23,26)/t12-/m0/s1. The Morgan fingerprint density at radius 1 is 1.00 bits per heavy atom. The fraction of sp³-hybridized carbons (Fsp3) is 0.263. The second kappa shape index (κ2) is 8.58. The minimum absolute atomic E-state index is 0.162. The van der Waals surface area contributed by atoms with E-state index < -0.39 is 6.04 Å². The Morgan fingerprint density at radius 2 is 1.62 bits per heavy atom. The van der Waals surface area contributed by atoms with E-state index in [0.29, 0.717) is 16.4 Å². The summed E-state index contributed by atoms with van der Waals surface area (Å²) in [6.07, 6.45) is 0. The van der Waals surface area contributed by atoms with E-state index in [4.69, 9.17) is 11.6 Å². The number of nitrogens with one attached hydrogen (secondary N) is 3. The van der Waals surface area contributed by atoms with E-state index in [1.54, 1.807) is 25.1 Å². The van der Waals surface area contributed by atoms with Crippen LogP contribution in [0.1, 0.15) is 13.8 Å². The predicted octanol–water partition coefficient (Wildman–Crippen LogP) is 3.80. The molecule has 0 aromatic heterocycles. The second-order valence-electron chi connectivity index (χ2n) is 6.17. The van der Waals surface area contributed by atoms with Crippen molar-refractivity contribution in [3.05, 3.63) is 47.5 Å². The number of halogens is 1. The third-order valence-electron chi connectivity index (χ3n) is 3.71. The number of hydrogen-bond acceptors (Lipinski definition) is 4. The third-order valence-corrected chi connectivity index (χ3v) is 4.02. The number of rotatable bonds is 6. The van der Waals surface area contributed by atoms with E-state index in [1.807, 2.05) is 43.3 Å². The van der Waals surface area contributed by atoms with Crippen LogP contribution in [-0.2, 0) is 9.59 Å². The molecule has 6 nitrogen and oxygen atoms in total. The van der Waals surface area contributed by atoms with E-state index >= 15 is 0 Å². The summed E-state index contributed by atoms with van der Waals surface area (Å²) in [7, 11) is 3.92. The number of hydrogen-bond donors (Lipinski definition) is 3. The summed E-state index contributed by atoms with van der Waals surface area (Å²) in [5.41, 5.74) is 3.01. The molecular weight excluding hydrogens is 352 g/mol. The van der Waals surface area contributed by atoms with Crippen molar-refractivity contribution >= 4 is 46.2 Å². The van der Waals surface area contributed by atoms with Crippen molar-refractivity contribution < 1.29 is 9.59 Å². The normalized spacial score (nSPS) is 11.4. The van der Waals surface area contributed by atoms with Crippen molar-refractivity contribution in [1.29, 1.82) is 0 Å². The molecule has 0 radical (unpaired) electrons. The zero-order valence-electron chi connectivity index (χ0n) is 15.3. The number of carbonyl (C=O) groups is 2. The summed E-state index contributed by atoms with van der Waals surface area (Å²) >= 11 is 6.15. The Balaban J connectivity index is 1.98. The fourth-order valence-electron chi connectivity index (χ4n) is 2.30. The van der Waals surface area contributed by atoms with Crippen molar-refractivity contribution in [2.75, 3.05) is 34.9 Å². The van der Waals surface area contributed by atoms with Crippen LogP contribution in [0.25, 0.3) is 0 Å². The number of anilines is 4. The van der Waals surface area contributed by atoms with Crippen LogP contribution in [0.15, 0.2) is 42.5 Å². The van der Waals surface area contributed by atoms with Gasteiger partial charge in [-0.1, -0.05) is 11.6 Å². The van der Waals surface area contributed by atoms with Crippen molar-refractivity contribution in [3.63, 3.8) is 0 Å². The van der Waals surface area contributed by atoms with Crippen molar-refractivity contribution in [2.45, 2.75) is 19.9 Å². The smallest absolute Gasteiger partial charge is 0.246 e. The van der Waals surface area contributed by atoms with Gasteiger partial charge in [-0.25, -0.2) is 0 Å². The molecule has 2 aromatic rings. The van der Waals surface area contributed by atoms with Crippen LogP contribution >= 0.6 is 11.6 Å². The molecule has 0 heterocycles. The molecule has 2 amide bonds. The summed E-state index contributed by atoms with van der Waals surface area (Å²) in [5, 5.41) is 9.01. The van der Waals surface area contributed by atoms with Gasteiger partial charge in [0, 0.05) is 38.1 Å². The molecule has 26 heavy (non-hydrogen) atoms. The summed E-state index contributed by atoms with van der Waals surface area (Å²) in [4.78, 5) is 25.5. The van der Waals surface area contributed by atoms with Crippen LogP contribution in [0.5, 0.6) is 0 Å². The van der Waals surface area contributed by atoms with Gasteiger partial charge in [0.05, 0.1) is 10.7 Å². The maximum Gasteiger partial charge on any atom is 0.246 e. The lowest BCUT2D eigenvalue weighted by Gasteiger charge is -2.17. The minimum atomic E-state index is -0.466. The monoisotopic (exact) mass is 374 g/mol. The van der Waals surface area contributed by atoms with Gasteiger partial charge >= 0.3 is 0 Å². The van der Waals surface area contributed by atoms with Gasteiger partial charge in [0.25, 0.3) is 0 Å². The molecular formula is C19H23ClN4O2. The molecule has 2 rings (SSSR count). The van der Waals surface area contributed by atoms with Gasteiger partial charge in [0.1, 0.15) is 6.04 Å². The van der Waals surface area contributed by atoms with E-state index in [9.17, 15) is 9.59 Å². The Kier molecular flexibility index (Phi) is 6.46. The first-order chi connectivity index (χ1) is 12.3. The van der Waals surface area contributed by atoms with Gasteiger partial charge in [-0.05, 0) is 49.4 Å². The summed E-state index contributed by atoms with van der Waals surface area (Å²) in [5.74, 6) is -0.356. The van der Waals surface area contributed by atoms with Crippen LogP contribution in [-0.4, -0.2) is 32.0 Å². The van der Waals surface area contributed by atoms with Gasteiger partial charge in [0.2, 0.25) is 11.8 Å². The average molecular weight is 375 g/mol. The summed E-state index contributed by atoms with van der Waals surface area (Å²) in [6.45, 7) is 3.18. The van der Waals surface area contributed by atoms with Crippen molar-refractivity contribution in [2.24, 2.45) is 0 Å². The molecule has 0 saturated carbocycles. The Bertz CT molecular complexity index is 791. The van der Waals surface area contributed by atoms with E-state index in [-0.39, 0.29) is 11.8 Å². The van der Waals surface area contributed by atoms with Crippen LogP contribution in [0.3, 0.4) is 0 Å². The predicted molar refractivity (Wildman–Crippen MR) is 108 cm³/mol. The van der Waals surface area contributed by atoms with E-state index in [0.717, 1.165) is 11.4 Å². The molecule has 0 aliphatic heterocycles. The number of carbonyl (C=O) groups excluding carboxylic acids is 2. The third kappa shape index (κ3) is 5.39. The molecule has 0 fully saturated rings. The van der Waals surface area contributed by atoms with Crippen LogP contribution in [0.2, 0.25) is 5.02 Å². The quantitative estimate of drug-likeness (QED) is 0.719. The molecule has 7 heteroatoms. The molecule has 0 spiro atoms. The Hall–Kier alpha value is -2.73. The van der Waals surface area contributed by atoms with Gasteiger partial charge in [-0.2, -0.15) is 0 Å². The Labute approximate surface area is 158 Å². The van der Waals surface area contributed by atoms with Gasteiger partial charge in [-0.3, -0.25) is 9.59 Å². The highest BCUT2D eigenvalue weighted by molar-refractivity contribution is 6.34. The highest BCUT2D eigenvalue weighted by Crippen LogP contribution is 2.26. The lowest BCUT2D eigenvalue weighted by molar-refractivity contribution is -0.116. The van der Waals surface area contributed by atoms with E-state index in [1.165, 1.54) is 6.92 Å². The minimum Gasteiger partial charge on any atom is -0.378 e. The molecule has 0 unspecified atom stereocenters. The van der Waals surface area contributed by atoms with Crippen LogP contribution in [0.4, 0.5) is 22.7 Å². The first-order valence-corrected chi connectivity index (χ1v) is 8.56. The first-order valence-electron chi connectivity index (χ1n) is 8.18. The highest BCUT2D eigenvalue weighted by Gasteiger charge is 2.14. The summed E-state index contributed by atoms with van der Waals surface area (Å²) in [6, 6.07) is 12.2. The van der Waals surface area contributed by atoms with Crippen LogP contribution in [0, 0.1) is 0 Å². The molecule has 0 aliphatic carbocycles. The molecule has 0 saturated heterocycles. The first kappa shape index (κ1) is 19.6. The maximum absolute atomic E-state index is 12.4.